The van der Waals surface area contributed by atoms with Crippen LogP contribution >= 0.6 is 0 Å². The fourth-order valence-corrected chi connectivity index (χ4v) is 2.42. The average Bonchev–Trinajstić information content (AvgIpc) is 2.35. The van der Waals surface area contributed by atoms with Crippen LogP contribution in [-0.4, -0.2) is 30.4 Å². The quantitative estimate of drug-likeness (QED) is 0.312. The molecule has 0 aromatic carbocycles. The van der Waals surface area contributed by atoms with E-state index in [1.54, 1.807) is 0 Å². The second-order valence-electron chi connectivity index (χ2n) is 4.80. The van der Waals surface area contributed by atoms with Crippen LogP contribution in [0.4, 0.5) is 0 Å². The highest BCUT2D eigenvalue weighted by atomic mass is 16.2. The van der Waals surface area contributed by atoms with Crippen LogP contribution < -0.4 is 11.3 Å². The van der Waals surface area contributed by atoms with E-state index in [1.165, 1.54) is 32.1 Å². The van der Waals surface area contributed by atoms with E-state index >= 15 is 0 Å². The summed E-state index contributed by atoms with van der Waals surface area (Å²) in [5.74, 6) is 4.97. The van der Waals surface area contributed by atoms with Gasteiger partial charge in [-0.2, -0.15) is 0 Å². The van der Waals surface area contributed by atoms with E-state index < -0.39 is 0 Å². The molecule has 3 N–H and O–H groups in total. The molecule has 94 valence electrons. The normalized spacial score (nSPS) is 17.7. The first-order chi connectivity index (χ1) is 7.74. The number of carbonyl (C=O) groups excluding carboxylic acids is 1. The molecule has 4 heteroatoms. The number of hydrogen-bond acceptors (Lipinski definition) is 3. The summed E-state index contributed by atoms with van der Waals surface area (Å²) in [6.45, 7) is 1.10. The predicted octanol–water partition coefficient (Wildman–Crippen LogP) is 1.41. The Morgan fingerprint density at radius 3 is 2.62 bits per heavy atom. The van der Waals surface area contributed by atoms with E-state index in [0.717, 1.165) is 25.4 Å². The number of amides is 1. The smallest absolute Gasteiger partial charge is 0.233 e. The Hall–Kier alpha value is -0.610. The van der Waals surface area contributed by atoms with Crippen molar-refractivity contribution in [2.45, 2.75) is 57.4 Å². The largest absolute Gasteiger partial charge is 0.303 e. The van der Waals surface area contributed by atoms with Crippen molar-refractivity contribution in [3.63, 3.8) is 0 Å². The van der Waals surface area contributed by atoms with Gasteiger partial charge in [-0.3, -0.25) is 10.2 Å². The molecular weight excluding hydrogens is 202 g/mol. The van der Waals surface area contributed by atoms with E-state index in [1.807, 2.05) is 0 Å². The van der Waals surface area contributed by atoms with Gasteiger partial charge in [-0.05, 0) is 39.3 Å². The number of nitrogens with two attached hydrogens (primary N) is 1. The first-order valence-electron chi connectivity index (χ1n) is 6.43. The van der Waals surface area contributed by atoms with Crippen molar-refractivity contribution in [3.8, 4) is 0 Å². The number of rotatable bonds is 6. The van der Waals surface area contributed by atoms with Gasteiger partial charge in [-0.25, -0.2) is 5.84 Å². The summed E-state index contributed by atoms with van der Waals surface area (Å²) in [7, 11) is 2.21. The minimum absolute atomic E-state index is 0.0553. The van der Waals surface area contributed by atoms with E-state index in [4.69, 9.17) is 5.84 Å². The van der Waals surface area contributed by atoms with Crippen molar-refractivity contribution < 1.29 is 4.79 Å². The minimum Gasteiger partial charge on any atom is -0.303 e. The van der Waals surface area contributed by atoms with Crippen LogP contribution in [0.1, 0.15) is 51.4 Å². The third-order valence-corrected chi connectivity index (χ3v) is 3.52. The molecule has 1 aliphatic rings. The molecule has 0 saturated heterocycles. The summed E-state index contributed by atoms with van der Waals surface area (Å²) in [6, 6.07) is 0.775. The molecule has 0 bridgehead atoms. The monoisotopic (exact) mass is 227 g/mol. The standard InChI is InChI=1S/C12H25N3O/c1-15(11-7-3-2-4-8-11)10-6-5-9-12(16)14-13/h11H,2-10,13H2,1H3,(H,14,16). The maximum absolute atomic E-state index is 10.9. The van der Waals surface area contributed by atoms with Gasteiger partial charge in [0.25, 0.3) is 0 Å². The zero-order chi connectivity index (χ0) is 11.8. The number of hydrogen-bond donors (Lipinski definition) is 2. The maximum atomic E-state index is 10.9. The van der Waals surface area contributed by atoms with Gasteiger partial charge in [-0.1, -0.05) is 19.3 Å². The number of carbonyl (C=O) groups is 1. The molecule has 0 unspecified atom stereocenters. The summed E-state index contributed by atoms with van der Waals surface area (Å²) in [5, 5.41) is 0. The molecule has 0 aromatic heterocycles. The zero-order valence-electron chi connectivity index (χ0n) is 10.4. The number of nitrogens with one attached hydrogen (secondary N) is 1. The van der Waals surface area contributed by atoms with Gasteiger partial charge in [0.05, 0.1) is 0 Å². The first kappa shape index (κ1) is 13.5. The van der Waals surface area contributed by atoms with E-state index in [0.29, 0.717) is 6.42 Å². The lowest BCUT2D eigenvalue weighted by Crippen LogP contribution is -2.34. The molecule has 0 radical (unpaired) electrons. The van der Waals surface area contributed by atoms with Crippen LogP contribution in [0.25, 0.3) is 0 Å². The Morgan fingerprint density at radius 1 is 1.31 bits per heavy atom. The van der Waals surface area contributed by atoms with Crippen molar-refractivity contribution >= 4 is 5.91 Å². The molecule has 0 heterocycles. The molecular formula is C12H25N3O. The van der Waals surface area contributed by atoms with E-state index in [9.17, 15) is 4.79 Å². The van der Waals surface area contributed by atoms with Gasteiger partial charge in [0.1, 0.15) is 0 Å². The highest BCUT2D eigenvalue weighted by Crippen LogP contribution is 2.21. The van der Waals surface area contributed by atoms with Gasteiger partial charge in [0, 0.05) is 12.5 Å². The van der Waals surface area contributed by atoms with Crippen molar-refractivity contribution in [1.82, 2.24) is 10.3 Å². The van der Waals surface area contributed by atoms with Crippen molar-refractivity contribution in [3.05, 3.63) is 0 Å². The van der Waals surface area contributed by atoms with Crippen molar-refractivity contribution in [2.24, 2.45) is 5.84 Å². The van der Waals surface area contributed by atoms with E-state index in [2.05, 4.69) is 17.4 Å². The Kier molecular flexibility index (Phi) is 6.42. The Morgan fingerprint density at radius 2 is 2.00 bits per heavy atom. The Balaban J connectivity index is 2.05. The summed E-state index contributed by atoms with van der Waals surface area (Å²) >= 11 is 0. The Labute approximate surface area is 98.5 Å². The van der Waals surface area contributed by atoms with Crippen molar-refractivity contribution in [1.29, 1.82) is 0 Å². The third-order valence-electron chi connectivity index (χ3n) is 3.52. The second-order valence-corrected chi connectivity index (χ2v) is 4.80. The van der Waals surface area contributed by atoms with Gasteiger partial charge < -0.3 is 4.90 Å². The van der Waals surface area contributed by atoms with Crippen LogP contribution in [0.15, 0.2) is 0 Å². The maximum Gasteiger partial charge on any atom is 0.233 e. The lowest BCUT2D eigenvalue weighted by molar-refractivity contribution is -0.121. The highest BCUT2D eigenvalue weighted by Gasteiger charge is 2.17. The molecule has 1 aliphatic carbocycles. The SMILES string of the molecule is CN(CCCCC(=O)NN)C1CCCCC1. The zero-order valence-corrected chi connectivity index (χ0v) is 10.4. The van der Waals surface area contributed by atoms with Crippen LogP contribution in [0.5, 0.6) is 0 Å². The summed E-state index contributed by atoms with van der Waals surface area (Å²) in [4.78, 5) is 13.4. The molecule has 1 amide bonds. The molecule has 1 rings (SSSR count). The summed E-state index contributed by atoms with van der Waals surface area (Å²) < 4.78 is 0. The van der Waals surface area contributed by atoms with Crippen LogP contribution in [0.2, 0.25) is 0 Å². The molecule has 0 atom stereocenters. The van der Waals surface area contributed by atoms with Crippen LogP contribution in [-0.2, 0) is 4.79 Å². The lowest BCUT2D eigenvalue weighted by Gasteiger charge is -2.31. The van der Waals surface area contributed by atoms with E-state index in [-0.39, 0.29) is 5.91 Å². The Bertz CT molecular complexity index is 202. The first-order valence-corrected chi connectivity index (χ1v) is 6.43. The van der Waals surface area contributed by atoms with Gasteiger partial charge in [0.15, 0.2) is 0 Å². The third kappa shape index (κ3) is 4.94. The molecule has 0 aliphatic heterocycles. The summed E-state index contributed by atoms with van der Waals surface area (Å²) in [5.41, 5.74) is 2.16. The molecule has 16 heavy (non-hydrogen) atoms. The van der Waals surface area contributed by atoms with Gasteiger partial charge in [0.2, 0.25) is 5.91 Å². The van der Waals surface area contributed by atoms with Crippen molar-refractivity contribution in [2.75, 3.05) is 13.6 Å². The molecule has 4 nitrogen and oxygen atoms in total. The fraction of sp³-hybridized carbons (Fsp3) is 0.917. The number of unbranched alkanes of at least 4 members (excludes halogenated alkanes) is 1. The van der Waals surface area contributed by atoms with Gasteiger partial charge in [-0.15, -0.1) is 0 Å². The highest BCUT2D eigenvalue weighted by molar-refractivity contribution is 5.75. The lowest BCUT2D eigenvalue weighted by atomic mass is 9.94. The van der Waals surface area contributed by atoms with Gasteiger partial charge >= 0.3 is 0 Å². The molecule has 1 saturated carbocycles. The minimum atomic E-state index is -0.0553. The summed E-state index contributed by atoms with van der Waals surface area (Å²) in [6.07, 6.45) is 9.42. The molecule has 0 spiro atoms. The molecule has 1 fully saturated rings. The number of nitrogens with zero attached hydrogens (tertiary/aromatic N) is 1. The van der Waals surface area contributed by atoms with Crippen LogP contribution in [0.3, 0.4) is 0 Å². The fourth-order valence-electron chi connectivity index (χ4n) is 2.42. The predicted molar refractivity (Wildman–Crippen MR) is 65.7 cm³/mol. The topological polar surface area (TPSA) is 58.4 Å². The average molecular weight is 227 g/mol. The van der Waals surface area contributed by atoms with Crippen LogP contribution in [0, 0.1) is 0 Å². The second kappa shape index (κ2) is 7.63. The molecule has 0 aromatic rings. The number of hydrazine groups is 1.